The van der Waals surface area contributed by atoms with Crippen LogP contribution >= 0.6 is 0 Å². The van der Waals surface area contributed by atoms with Gasteiger partial charge < -0.3 is 10.2 Å². The maximum Gasteiger partial charge on any atom is 0.253 e. The molecule has 1 N–H and O–H groups in total. The minimum Gasteiger partial charge on any atom is -0.345 e. The fraction of sp³-hybridized carbons (Fsp3) is 0.600. The highest BCUT2D eigenvalue weighted by molar-refractivity contribution is 5.97. The molecule has 24 heavy (non-hydrogen) atoms. The summed E-state index contributed by atoms with van der Waals surface area (Å²) in [5, 5.41) is 3.01. The van der Waals surface area contributed by atoms with Crippen molar-refractivity contribution in [2.75, 3.05) is 19.4 Å². The molecule has 2 rings (SSSR count). The fourth-order valence-corrected chi connectivity index (χ4v) is 3.52. The van der Waals surface area contributed by atoms with E-state index < -0.39 is 0 Å². The maximum absolute atomic E-state index is 12.6. The molecule has 1 aromatic rings. The summed E-state index contributed by atoms with van der Waals surface area (Å²) in [6.07, 6.45) is 8.31. The van der Waals surface area contributed by atoms with Gasteiger partial charge in [0.15, 0.2) is 0 Å². The van der Waals surface area contributed by atoms with Gasteiger partial charge in [0, 0.05) is 31.3 Å². The highest BCUT2D eigenvalue weighted by Crippen LogP contribution is 2.30. The molecule has 132 valence electrons. The van der Waals surface area contributed by atoms with Gasteiger partial charge in [-0.15, -0.1) is 0 Å². The second kappa shape index (κ2) is 8.86. The second-order valence-electron chi connectivity index (χ2n) is 7.11. The Balaban J connectivity index is 1.99. The van der Waals surface area contributed by atoms with E-state index in [2.05, 4.69) is 12.2 Å². The average molecular weight is 330 g/mol. The molecule has 0 aromatic heterocycles. The second-order valence-corrected chi connectivity index (χ2v) is 7.11. The van der Waals surface area contributed by atoms with Crippen LogP contribution in [0.1, 0.15) is 62.2 Å². The van der Waals surface area contributed by atoms with Gasteiger partial charge in [0.05, 0.1) is 0 Å². The molecule has 2 amide bonds. The van der Waals surface area contributed by atoms with Crippen LogP contribution in [0.5, 0.6) is 0 Å². The molecule has 1 unspecified atom stereocenters. The van der Waals surface area contributed by atoms with Crippen LogP contribution in [-0.2, 0) is 4.79 Å². The van der Waals surface area contributed by atoms with Gasteiger partial charge in [0.1, 0.15) is 0 Å². The van der Waals surface area contributed by atoms with Crippen molar-refractivity contribution in [1.82, 2.24) is 4.90 Å². The van der Waals surface area contributed by atoms with Gasteiger partial charge in [-0.3, -0.25) is 9.59 Å². The number of carbonyl (C=O) groups excluding carboxylic acids is 2. The third kappa shape index (κ3) is 5.08. The Morgan fingerprint density at radius 3 is 2.54 bits per heavy atom. The molecule has 1 aromatic carbocycles. The van der Waals surface area contributed by atoms with E-state index in [0.717, 1.165) is 12.8 Å². The van der Waals surface area contributed by atoms with E-state index in [1.807, 2.05) is 12.1 Å². The number of anilines is 1. The number of carbonyl (C=O) groups is 2. The summed E-state index contributed by atoms with van der Waals surface area (Å²) in [6.45, 7) is 2.08. The molecule has 4 nitrogen and oxygen atoms in total. The number of amides is 2. The zero-order chi connectivity index (χ0) is 17.5. The first kappa shape index (κ1) is 18.5. The molecule has 1 fully saturated rings. The first-order valence-electron chi connectivity index (χ1n) is 9.13. The van der Waals surface area contributed by atoms with Crippen molar-refractivity contribution in [3.63, 3.8) is 0 Å². The van der Waals surface area contributed by atoms with E-state index in [0.29, 0.717) is 17.2 Å². The van der Waals surface area contributed by atoms with Crippen LogP contribution < -0.4 is 5.32 Å². The van der Waals surface area contributed by atoms with Crippen molar-refractivity contribution >= 4 is 17.5 Å². The van der Waals surface area contributed by atoms with Gasteiger partial charge in [-0.1, -0.05) is 45.1 Å². The Kier molecular flexibility index (Phi) is 6.83. The third-order valence-corrected chi connectivity index (χ3v) is 4.99. The Morgan fingerprint density at radius 1 is 1.21 bits per heavy atom. The van der Waals surface area contributed by atoms with Gasteiger partial charge >= 0.3 is 0 Å². The molecule has 0 saturated heterocycles. The predicted octanol–water partition coefficient (Wildman–Crippen LogP) is 4.32. The first-order valence-corrected chi connectivity index (χ1v) is 9.13. The van der Waals surface area contributed by atoms with Crippen LogP contribution in [0, 0.1) is 11.8 Å². The molecule has 0 aliphatic heterocycles. The summed E-state index contributed by atoms with van der Waals surface area (Å²) in [7, 11) is 3.45. The SMILES string of the molecule is CCC(CC1CCCCC1)C(=O)Nc1cccc(C(=O)N(C)C)c1. The Morgan fingerprint density at radius 2 is 1.92 bits per heavy atom. The predicted molar refractivity (Wildman–Crippen MR) is 98.1 cm³/mol. The monoisotopic (exact) mass is 330 g/mol. The molecule has 0 spiro atoms. The van der Waals surface area contributed by atoms with Crippen molar-refractivity contribution in [2.24, 2.45) is 11.8 Å². The lowest BCUT2D eigenvalue weighted by Crippen LogP contribution is -2.26. The van der Waals surface area contributed by atoms with E-state index in [-0.39, 0.29) is 17.7 Å². The van der Waals surface area contributed by atoms with E-state index in [1.165, 1.54) is 32.1 Å². The highest BCUT2D eigenvalue weighted by atomic mass is 16.2. The Labute approximate surface area is 145 Å². The molecule has 0 radical (unpaired) electrons. The summed E-state index contributed by atoms with van der Waals surface area (Å²) < 4.78 is 0. The number of nitrogens with zero attached hydrogens (tertiary/aromatic N) is 1. The van der Waals surface area contributed by atoms with Crippen molar-refractivity contribution < 1.29 is 9.59 Å². The van der Waals surface area contributed by atoms with Gasteiger partial charge in [-0.05, 0) is 37.0 Å². The molecular formula is C20H30N2O2. The van der Waals surface area contributed by atoms with E-state index >= 15 is 0 Å². The minimum atomic E-state index is -0.0552. The van der Waals surface area contributed by atoms with Crippen LogP contribution in [0.25, 0.3) is 0 Å². The molecule has 1 atom stereocenters. The van der Waals surface area contributed by atoms with Gasteiger partial charge in [0.2, 0.25) is 5.91 Å². The van der Waals surface area contributed by atoms with Crippen molar-refractivity contribution in [2.45, 2.75) is 51.9 Å². The van der Waals surface area contributed by atoms with E-state index in [1.54, 1.807) is 31.1 Å². The Bertz CT molecular complexity index is 563. The summed E-state index contributed by atoms with van der Waals surface area (Å²) >= 11 is 0. The lowest BCUT2D eigenvalue weighted by atomic mass is 9.82. The van der Waals surface area contributed by atoms with Crippen LogP contribution in [0.4, 0.5) is 5.69 Å². The molecule has 1 aliphatic rings. The summed E-state index contributed by atoms with van der Waals surface area (Å²) in [6, 6.07) is 7.19. The number of nitrogens with one attached hydrogen (secondary N) is 1. The lowest BCUT2D eigenvalue weighted by Gasteiger charge is -2.25. The fourth-order valence-electron chi connectivity index (χ4n) is 3.52. The first-order chi connectivity index (χ1) is 11.5. The van der Waals surface area contributed by atoms with Crippen molar-refractivity contribution in [3.8, 4) is 0 Å². The van der Waals surface area contributed by atoms with Crippen LogP contribution in [0.3, 0.4) is 0 Å². The van der Waals surface area contributed by atoms with Crippen LogP contribution in [-0.4, -0.2) is 30.8 Å². The third-order valence-electron chi connectivity index (χ3n) is 4.99. The smallest absolute Gasteiger partial charge is 0.253 e. The average Bonchev–Trinajstić information content (AvgIpc) is 2.59. The van der Waals surface area contributed by atoms with Crippen LogP contribution in [0.15, 0.2) is 24.3 Å². The largest absolute Gasteiger partial charge is 0.345 e. The molecule has 1 aliphatic carbocycles. The highest BCUT2D eigenvalue weighted by Gasteiger charge is 2.23. The maximum atomic E-state index is 12.6. The van der Waals surface area contributed by atoms with E-state index in [4.69, 9.17) is 0 Å². The zero-order valence-electron chi connectivity index (χ0n) is 15.2. The van der Waals surface area contributed by atoms with Crippen molar-refractivity contribution in [3.05, 3.63) is 29.8 Å². The minimum absolute atomic E-state index is 0.0552. The number of hydrogen-bond acceptors (Lipinski definition) is 2. The summed E-state index contributed by atoms with van der Waals surface area (Å²) in [5.41, 5.74) is 1.30. The topological polar surface area (TPSA) is 49.4 Å². The molecular weight excluding hydrogens is 300 g/mol. The standard InChI is InChI=1S/C20H30N2O2/c1-4-16(13-15-9-6-5-7-10-15)19(23)21-18-12-8-11-17(14-18)20(24)22(2)3/h8,11-12,14-16H,4-7,9-10,13H2,1-3H3,(H,21,23). The van der Waals surface area contributed by atoms with Crippen LogP contribution in [0.2, 0.25) is 0 Å². The normalized spacial score (nSPS) is 16.5. The molecule has 4 heteroatoms. The van der Waals surface area contributed by atoms with Gasteiger partial charge in [-0.25, -0.2) is 0 Å². The zero-order valence-corrected chi connectivity index (χ0v) is 15.2. The number of rotatable bonds is 6. The lowest BCUT2D eigenvalue weighted by molar-refractivity contribution is -0.120. The molecule has 1 saturated carbocycles. The van der Waals surface area contributed by atoms with E-state index in [9.17, 15) is 9.59 Å². The summed E-state index contributed by atoms with van der Waals surface area (Å²) in [5.74, 6) is 0.773. The number of hydrogen-bond donors (Lipinski definition) is 1. The van der Waals surface area contributed by atoms with Gasteiger partial charge in [0.25, 0.3) is 5.91 Å². The van der Waals surface area contributed by atoms with Gasteiger partial charge in [-0.2, -0.15) is 0 Å². The number of benzene rings is 1. The molecule has 0 bridgehead atoms. The van der Waals surface area contributed by atoms with Crippen molar-refractivity contribution in [1.29, 1.82) is 0 Å². The summed E-state index contributed by atoms with van der Waals surface area (Å²) in [4.78, 5) is 26.2. The Hall–Kier alpha value is -1.84. The molecule has 0 heterocycles. The quantitative estimate of drug-likeness (QED) is 0.844.